The summed E-state index contributed by atoms with van der Waals surface area (Å²) in [6, 6.07) is 0. The number of aliphatic hydroxyl groups excluding tert-OH is 1. The molecular weight excluding hydrogens is 204 g/mol. The first-order valence-electron chi connectivity index (χ1n) is 5.93. The van der Waals surface area contributed by atoms with E-state index in [0.29, 0.717) is 12.3 Å². The lowest BCUT2D eigenvalue weighted by Gasteiger charge is -2.07. The van der Waals surface area contributed by atoms with Gasteiger partial charge in [-0.3, -0.25) is 0 Å². The zero-order valence-electron chi connectivity index (χ0n) is 10.0. The van der Waals surface area contributed by atoms with Gasteiger partial charge >= 0.3 is 0 Å². The first kappa shape index (κ1) is 11.6. The fraction of sp³-hybridized carbons (Fsp3) is 0.750. The van der Waals surface area contributed by atoms with Crippen molar-refractivity contribution in [2.75, 3.05) is 20.1 Å². The van der Waals surface area contributed by atoms with E-state index in [1.165, 1.54) is 13.0 Å². The van der Waals surface area contributed by atoms with E-state index in [2.05, 4.69) is 16.9 Å². The molecule has 1 aromatic rings. The summed E-state index contributed by atoms with van der Waals surface area (Å²) in [5.41, 5.74) is 0. The summed E-state index contributed by atoms with van der Waals surface area (Å²) in [7, 11) is 2.15. The van der Waals surface area contributed by atoms with Crippen LogP contribution in [0.15, 0.2) is 10.6 Å². The first-order valence-corrected chi connectivity index (χ1v) is 5.93. The lowest BCUT2D eigenvalue weighted by Crippen LogP contribution is -2.15. The second-order valence-corrected chi connectivity index (χ2v) is 4.89. The molecule has 4 heteroatoms. The second kappa shape index (κ2) is 4.97. The van der Waals surface area contributed by atoms with E-state index < -0.39 is 0 Å². The molecule has 90 valence electrons. The number of aliphatic hydroxyl groups is 1. The van der Waals surface area contributed by atoms with E-state index in [0.717, 1.165) is 24.6 Å². The van der Waals surface area contributed by atoms with Crippen molar-refractivity contribution in [3.05, 3.63) is 17.8 Å². The Kier molecular flexibility index (Phi) is 3.61. The Morgan fingerprint density at radius 3 is 3.12 bits per heavy atom. The molecule has 2 unspecified atom stereocenters. The van der Waals surface area contributed by atoms with Gasteiger partial charge in [0.15, 0.2) is 5.89 Å². The molecule has 0 amide bonds. The lowest BCUT2D eigenvalue weighted by molar-refractivity contribution is 0.186. The first-order chi connectivity index (χ1) is 7.63. The van der Waals surface area contributed by atoms with Crippen molar-refractivity contribution >= 4 is 0 Å². The molecule has 16 heavy (non-hydrogen) atoms. The van der Waals surface area contributed by atoms with Gasteiger partial charge in [-0.15, -0.1) is 0 Å². The van der Waals surface area contributed by atoms with Gasteiger partial charge in [0.1, 0.15) is 5.76 Å². The lowest BCUT2D eigenvalue weighted by atomic mass is 10.1. The van der Waals surface area contributed by atoms with Crippen molar-refractivity contribution in [1.29, 1.82) is 0 Å². The molecule has 2 atom stereocenters. The molecular formula is C12H20N2O2. The summed E-state index contributed by atoms with van der Waals surface area (Å²) in [4.78, 5) is 6.60. The van der Waals surface area contributed by atoms with Crippen LogP contribution in [0.1, 0.15) is 25.0 Å². The monoisotopic (exact) mass is 224 g/mol. The highest BCUT2D eigenvalue weighted by molar-refractivity contribution is 4.97. The zero-order chi connectivity index (χ0) is 11.5. The van der Waals surface area contributed by atoms with Gasteiger partial charge in [0, 0.05) is 19.4 Å². The normalized spacial score (nSPS) is 23.8. The van der Waals surface area contributed by atoms with Crippen LogP contribution in [-0.2, 0) is 12.8 Å². The van der Waals surface area contributed by atoms with Crippen molar-refractivity contribution in [1.82, 2.24) is 9.88 Å². The molecule has 0 aliphatic carbocycles. The van der Waals surface area contributed by atoms with Crippen LogP contribution in [-0.4, -0.2) is 41.2 Å². The van der Waals surface area contributed by atoms with Crippen molar-refractivity contribution in [2.24, 2.45) is 5.92 Å². The second-order valence-electron chi connectivity index (χ2n) is 4.89. The smallest absolute Gasteiger partial charge is 0.194 e. The maximum Gasteiger partial charge on any atom is 0.194 e. The van der Waals surface area contributed by atoms with Crippen molar-refractivity contribution < 1.29 is 9.52 Å². The molecule has 2 rings (SSSR count). The highest BCUT2D eigenvalue weighted by Crippen LogP contribution is 2.19. The summed E-state index contributed by atoms with van der Waals surface area (Å²) < 4.78 is 5.60. The minimum atomic E-state index is -0.363. The molecule has 1 aliphatic rings. The average Bonchev–Trinajstić information content (AvgIpc) is 2.76. The molecule has 0 saturated carbocycles. The van der Waals surface area contributed by atoms with Gasteiger partial charge in [-0.05, 0) is 32.9 Å². The summed E-state index contributed by atoms with van der Waals surface area (Å²) in [6.07, 6.45) is 4.07. The van der Waals surface area contributed by atoms with Crippen LogP contribution in [0.2, 0.25) is 0 Å². The van der Waals surface area contributed by atoms with E-state index in [1.807, 2.05) is 0 Å². The number of hydrogen-bond donors (Lipinski definition) is 1. The van der Waals surface area contributed by atoms with Crippen molar-refractivity contribution in [3.63, 3.8) is 0 Å². The number of likely N-dealkylation sites (tertiary alicyclic amines) is 1. The van der Waals surface area contributed by atoms with Crippen LogP contribution in [0.25, 0.3) is 0 Å². The number of oxazole rings is 1. The third-order valence-corrected chi connectivity index (χ3v) is 3.05. The van der Waals surface area contributed by atoms with Crippen LogP contribution in [0, 0.1) is 5.92 Å². The third kappa shape index (κ3) is 3.06. The molecule has 1 aliphatic heterocycles. The molecule has 2 heterocycles. The van der Waals surface area contributed by atoms with Gasteiger partial charge < -0.3 is 14.4 Å². The van der Waals surface area contributed by atoms with E-state index in [4.69, 9.17) is 4.42 Å². The van der Waals surface area contributed by atoms with Gasteiger partial charge in [0.25, 0.3) is 0 Å². The van der Waals surface area contributed by atoms with Gasteiger partial charge in [0.05, 0.1) is 12.3 Å². The molecule has 1 N–H and O–H groups in total. The van der Waals surface area contributed by atoms with Gasteiger partial charge in [-0.2, -0.15) is 0 Å². The fourth-order valence-corrected chi connectivity index (χ4v) is 2.27. The van der Waals surface area contributed by atoms with Gasteiger partial charge in [0.2, 0.25) is 0 Å². The van der Waals surface area contributed by atoms with E-state index in [-0.39, 0.29) is 6.10 Å². The summed E-state index contributed by atoms with van der Waals surface area (Å²) in [6.45, 7) is 4.06. The number of hydrogen-bond acceptors (Lipinski definition) is 4. The van der Waals surface area contributed by atoms with E-state index in [9.17, 15) is 5.11 Å². The maximum absolute atomic E-state index is 9.24. The van der Waals surface area contributed by atoms with Crippen LogP contribution in [0.4, 0.5) is 0 Å². The Hall–Kier alpha value is -0.870. The Bertz CT molecular complexity index is 336. The number of nitrogens with zero attached hydrogens (tertiary/aromatic N) is 2. The van der Waals surface area contributed by atoms with Crippen LogP contribution >= 0.6 is 0 Å². The molecule has 1 saturated heterocycles. The SMILES string of the molecule is CC(O)Cc1cnc(CC2CCN(C)C2)o1. The molecule has 1 aromatic heterocycles. The Labute approximate surface area is 96.3 Å². The summed E-state index contributed by atoms with van der Waals surface area (Å²) in [5.74, 6) is 2.27. The number of rotatable bonds is 4. The van der Waals surface area contributed by atoms with Crippen LogP contribution in [0.3, 0.4) is 0 Å². The Morgan fingerprint density at radius 2 is 2.50 bits per heavy atom. The maximum atomic E-state index is 9.24. The highest BCUT2D eigenvalue weighted by atomic mass is 16.4. The summed E-state index contributed by atoms with van der Waals surface area (Å²) >= 11 is 0. The van der Waals surface area contributed by atoms with Gasteiger partial charge in [-0.25, -0.2) is 4.98 Å². The topological polar surface area (TPSA) is 49.5 Å². The zero-order valence-corrected chi connectivity index (χ0v) is 10.0. The highest BCUT2D eigenvalue weighted by Gasteiger charge is 2.21. The van der Waals surface area contributed by atoms with Crippen LogP contribution in [0.5, 0.6) is 0 Å². The van der Waals surface area contributed by atoms with Crippen molar-refractivity contribution in [2.45, 2.75) is 32.3 Å². The molecule has 4 nitrogen and oxygen atoms in total. The standard InChI is InChI=1S/C12H20N2O2/c1-9(15)5-11-7-13-12(16-11)6-10-3-4-14(2)8-10/h7,9-10,15H,3-6,8H2,1-2H3. The third-order valence-electron chi connectivity index (χ3n) is 3.05. The molecule has 0 bridgehead atoms. The average molecular weight is 224 g/mol. The molecule has 0 aromatic carbocycles. The minimum absolute atomic E-state index is 0.363. The number of aromatic nitrogens is 1. The minimum Gasteiger partial charge on any atom is -0.446 e. The van der Waals surface area contributed by atoms with Crippen LogP contribution < -0.4 is 0 Å². The Morgan fingerprint density at radius 1 is 1.69 bits per heavy atom. The quantitative estimate of drug-likeness (QED) is 0.832. The molecule has 0 spiro atoms. The predicted octanol–water partition coefficient (Wildman–Crippen LogP) is 1.09. The fourth-order valence-electron chi connectivity index (χ4n) is 2.27. The molecule has 0 radical (unpaired) electrons. The Balaban J connectivity index is 1.87. The molecule has 1 fully saturated rings. The largest absolute Gasteiger partial charge is 0.446 e. The van der Waals surface area contributed by atoms with Crippen molar-refractivity contribution in [3.8, 4) is 0 Å². The van der Waals surface area contributed by atoms with E-state index in [1.54, 1.807) is 13.1 Å². The predicted molar refractivity (Wildman–Crippen MR) is 61.2 cm³/mol. The van der Waals surface area contributed by atoms with Gasteiger partial charge in [-0.1, -0.05) is 0 Å². The summed E-state index contributed by atoms with van der Waals surface area (Å²) in [5, 5.41) is 9.24. The van der Waals surface area contributed by atoms with E-state index >= 15 is 0 Å².